The zero-order chi connectivity index (χ0) is 34.1. The number of carbonyl (C=O) groups is 2. The number of amides is 2. The summed E-state index contributed by atoms with van der Waals surface area (Å²) < 4.78 is 54.2. The van der Waals surface area contributed by atoms with Crippen molar-refractivity contribution in [1.29, 1.82) is 0 Å². The fraction of sp³-hybridized carbons (Fsp3) is 0.297. The van der Waals surface area contributed by atoms with Crippen LogP contribution in [0.2, 0.25) is 0 Å². The van der Waals surface area contributed by atoms with E-state index in [-0.39, 0.29) is 41.2 Å². The van der Waals surface area contributed by atoms with Crippen LogP contribution in [-0.2, 0) is 32.6 Å². The van der Waals surface area contributed by atoms with E-state index in [0.29, 0.717) is 11.3 Å². The minimum Gasteiger partial charge on any atom is -0.493 e. The number of hydrogen-bond acceptors (Lipinski definition) is 6. The van der Waals surface area contributed by atoms with E-state index in [9.17, 15) is 22.4 Å². The standard InChI is InChI=1S/C37H40FN3O6S/c1-46-34-22-21-31(24-35(34)47-2)41(48(44,45)32-15-7-4-8-16-32)26-36(42)40(25-28-17-19-29(38)20-18-28)33(23-27-11-5-3-6-12-27)37(43)39-30-13-9-10-14-30/h3-8,11-12,15-22,24,30,33H,9-10,13-14,23,25-26H2,1-2H3,(H,39,43)/t33-/m0/s1. The van der Waals surface area contributed by atoms with Crippen molar-refractivity contribution in [1.82, 2.24) is 10.2 Å². The maximum Gasteiger partial charge on any atom is 0.264 e. The molecule has 9 nitrogen and oxygen atoms in total. The maximum absolute atomic E-state index is 14.6. The highest BCUT2D eigenvalue weighted by molar-refractivity contribution is 7.92. The van der Waals surface area contributed by atoms with Crippen molar-refractivity contribution in [3.05, 3.63) is 120 Å². The van der Waals surface area contributed by atoms with Crippen molar-refractivity contribution in [3.63, 3.8) is 0 Å². The van der Waals surface area contributed by atoms with Crippen LogP contribution in [-0.4, -0.2) is 58.0 Å². The Labute approximate surface area is 281 Å². The van der Waals surface area contributed by atoms with Crippen molar-refractivity contribution in [2.45, 2.75) is 55.6 Å². The summed E-state index contributed by atoms with van der Waals surface area (Å²) in [7, 11) is -1.39. The minimum absolute atomic E-state index is 0.0136. The van der Waals surface area contributed by atoms with E-state index in [1.165, 1.54) is 55.5 Å². The van der Waals surface area contributed by atoms with Crippen LogP contribution in [0.1, 0.15) is 36.8 Å². The quantitative estimate of drug-likeness (QED) is 0.183. The minimum atomic E-state index is -4.29. The summed E-state index contributed by atoms with van der Waals surface area (Å²) in [5.41, 5.74) is 1.58. The van der Waals surface area contributed by atoms with Gasteiger partial charge in [-0.1, -0.05) is 73.5 Å². The number of halogens is 1. The number of rotatable bonds is 14. The summed E-state index contributed by atoms with van der Waals surface area (Å²) in [6.07, 6.45) is 3.89. The van der Waals surface area contributed by atoms with E-state index in [2.05, 4.69) is 5.32 Å². The highest BCUT2D eigenvalue weighted by atomic mass is 32.2. The molecule has 1 saturated carbocycles. The molecule has 11 heteroatoms. The average Bonchev–Trinajstić information content (AvgIpc) is 3.63. The Hall–Kier alpha value is -4.90. The van der Waals surface area contributed by atoms with Crippen molar-refractivity contribution < 1.29 is 31.9 Å². The van der Waals surface area contributed by atoms with Crippen LogP contribution in [0.15, 0.2) is 108 Å². The van der Waals surface area contributed by atoms with Gasteiger partial charge < -0.3 is 19.7 Å². The first kappa shape index (κ1) is 34.4. The number of carbonyl (C=O) groups excluding carboxylic acids is 2. The molecule has 0 unspecified atom stereocenters. The summed E-state index contributed by atoms with van der Waals surface area (Å²) in [5.74, 6) is -0.725. The fourth-order valence-electron chi connectivity index (χ4n) is 5.94. The largest absolute Gasteiger partial charge is 0.493 e. The Balaban J connectivity index is 1.58. The van der Waals surface area contributed by atoms with Gasteiger partial charge in [0.2, 0.25) is 11.8 Å². The normalized spacial score (nSPS) is 13.8. The highest BCUT2D eigenvalue weighted by Gasteiger charge is 2.36. The third-order valence-corrected chi connectivity index (χ3v) is 10.3. The molecule has 0 saturated heterocycles. The number of anilines is 1. The third kappa shape index (κ3) is 8.32. The van der Waals surface area contributed by atoms with Crippen LogP contribution < -0.4 is 19.1 Å². The van der Waals surface area contributed by atoms with Crippen molar-refractivity contribution >= 4 is 27.5 Å². The van der Waals surface area contributed by atoms with Crippen molar-refractivity contribution in [2.24, 2.45) is 0 Å². The number of nitrogens with zero attached hydrogens (tertiary/aromatic N) is 2. The molecule has 1 fully saturated rings. The molecule has 252 valence electrons. The van der Waals surface area contributed by atoms with Crippen LogP contribution in [0.3, 0.4) is 0 Å². The molecule has 1 atom stereocenters. The number of benzene rings is 4. The third-order valence-electron chi connectivity index (χ3n) is 8.50. The van der Waals surface area contributed by atoms with Crippen LogP contribution in [0.4, 0.5) is 10.1 Å². The molecular weight excluding hydrogens is 633 g/mol. The number of sulfonamides is 1. The summed E-state index contributed by atoms with van der Waals surface area (Å²) in [6.45, 7) is -0.685. The molecule has 0 aliphatic heterocycles. The molecule has 5 rings (SSSR count). The predicted molar refractivity (Wildman–Crippen MR) is 182 cm³/mol. The van der Waals surface area contributed by atoms with E-state index in [1.54, 1.807) is 36.4 Å². The molecule has 1 aliphatic rings. The van der Waals surface area contributed by atoms with Gasteiger partial charge in [0.25, 0.3) is 10.0 Å². The lowest BCUT2D eigenvalue weighted by Crippen LogP contribution is -2.54. The van der Waals surface area contributed by atoms with Gasteiger partial charge in [-0.2, -0.15) is 0 Å². The number of methoxy groups -OCH3 is 2. The number of nitrogens with one attached hydrogen (secondary N) is 1. The van der Waals surface area contributed by atoms with Gasteiger partial charge in [0.05, 0.1) is 24.8 Å². The topological polar surface area (TPSA) is 105 Å². The van der Waals surface area contributed by atoms with Gasteiger partial charge in [-0.05, 0) is 60.4 Å². The first-order valence-electron chi connectivity index (χ1n) is 15.9. The van der Waals surface area contributed by atoms with E-state index < -0.39 is 34.3 Å². The van der Waals surface area contributed by atoms with E-state index in [0.717, 1.165) is 35.6 Å². The smallest absolute Gasteiger partial charge is 0.264 e. The Bertz CT molecular complexity index is 1780. The molecule has 0 radical (unpaired) electrons. The van der Waals surface area contributed by atoms with Crippen molar-refractivity contribution in [2.75, 3.05) is 25.1 Å². The van der Waals surface area contributed by atoms with Gasteiger partial charge in [-0.3, -0.25) is 13.9 Å². The Morgan fingerprint density at radius 3 is 2.08 bits per heavy atom. The summed E-state index contributed by atoms with van der Waals surface area (Å²) >= 11 is 0. The number of ether oxygens (including phenoxy) is 2. The lowest BCUT2D eigenvalue weighted by molar-refractivity contribution is -0.140. The Morgan fingerprint density at radius 2 is 1.46 bits per heavy atom. The molecule has 0 bridgehead atoms. The van der Waals surface area contributed by atoms with Gasteiger partial charge in [0, 0.05) is 25.1 Å². The van der Waals surface area contributed by atoms with Gasteiger partial charge in [0.1, 0.15) is 18.4 Å². The summed E-state index contributed by atoms with van der Waals surface area (Å²) in [5, 5.41) is 3.14. The van der Waals surface area contributed by atoms with Crippen LogP contribution in [0, 0.1) is 5.82 Å². The lowest BCUT2D eigenvalue weighted by atomic mass is 10.0. The maximum atomic E-state index is 14.6. The molecule has 4 aromatic carbocycles. The Morgan fingerprint density at radius 1 is 0.833 bits per heavy atom. The monoisotopic (exact) mass is 673 g/mol. The van der Waals surface area contributed by atoms with Gasteiger partial charge >= 0.3 is 0 Å². The highest BCUT2D eigenvalue weighted by Crippen LogP contribution is 2.34. The van der Waals surface area contributed by atoms with Gasteiger partial charge in [-0.25, -0.2) is 12.8 Å². The molecule has 4 aromatic rings. The lowest BCUT2D eigenvalue weighted by Gasteiger charge is -2.34. The molecule has 1 N–H and O–H groups in total. The second-order valence-corrected chi connectivity index (χ2v) is 13.6. The molecule has 0 heterocycles. The predicted octanol–water partition coefficient (Wildman–Crippen LogP) is 5.74. The average molecular weight is 674 g/mol. The van der Waals surface area contributed by atoms with Crippen LogP contribution in [0.25, 0.3) is 0 Å². The zero-order valence-electron chi connectivity index (χ0n) is 27.0. The Kier molecular flexibility index (Phi) is 11.3. The summed E-state index contributed by atoms with van der Waals surface area (Å²) in [4.78, 5) is 30.1. The molecule has 48 heavy (non-hydrogen) atoms. The second kappa shape index (κ2) is 15.8. The molecule has 0 aromatic heterocycles. The SMILES string of the molecule is COc1ccc(N(CC(=O)N(Cc2ccc(F)cc2)[C@@H](Cc2ccccc2)C(=O)NC2CCCC2)S(=O)(=O)c2ccccc2)cc1OC. The molecule has 0 spiro atoms. The van der Waals surface area contributed by atoms with E-state index in [4.69, 9.17) is 9.47 Å². The van der Waals surface area contributed by atoms with Crippen LogP contribution in [0.5, 0.6) is 11.5 Å². The molecule has 2 amide bonds. The molecular formula is C37H40FN3O6S. The first-order valence-corrected chi connectivity index (χ1v) is 17.3. The van der Waals surface area contributed by atoms with E-state index >= 15 is 0 Å². The van der Waals surface area contributed by atoms with Gasteiger partial charge in [-0.15, -0.1) is 0 Å². The van der Waals surface area contributed by atoms with Crippen LogP contribution >= 0.6 is 0 Å². The van der Waals surface area contributed by atoms with Gasteiger partial charge in [0.15, 0.2) is 11.5 Å². The van der Waals surface area contributed by atoms with Crippen molar-refractivity contribution in [3.8, 4) is 11.5 Å². The fourth-order valence-corrected chi connectivity index (χ4v) is 7.36. The second-order valence-electron chi connectivity index (χ2n) is 11.7. The first-order chi connectivity index (χ1) is 23.2. The summed E-state index contributed by atoms with van der Waals surface area (Å²) in [6, 6.07) is 26.4. The van der Waals surface area contributed by atoms with E-state index in [1.807, 2.05) is 30.3 Å². The zero-order valence-corrected chi connectivity index (χ0v) is 27.9. The number of hydrogen-bond donors (Lipinski definition) is 1. The molecule has 1 aliphatic carbocycles.